The Kier molecular flexibility index (Phi) is 5.68. The number of nitro benzene ring substituents is 1. The number of nitrogens with zero attached hydrogens (tertiary/aromatic N) is 2. The van der Waals surface area contributed by atoms with Gasteiger partial charge in [0.2, 0.25) is 5.75 Å². The number of nitro groups is 1. The number of ether oxygens (including phenoxy) is 3. The molecule has 1 aromatic rings. The molecule has 2 rings (SSSR count). The quantitative estimate of drug-likeness (QED) is 0.423. The number of aldehydes is 1. The van der Waals surface area contributed by atoms with Gasteiger partial charge in [-0.05, 0) is 6.07 Å². The number of morpholine rings is 1. The molecule has 8 heteroatoms. The van der Waals surface area contributed by atoms with Crippen LogP contribution in [0.25, 0.3) is 0 Å². The van der Waals surface area contributed by atoms with Gasteiger partial charge in [0.1, 0.15) is 12.9 Å². The Morgan fingerprint density at radius 1 is 1.41 bits per heavy atom. The summed E-state index contributed by atoms with van der Waals surface area (Å²) in [4.78, 5) is 23.6. The molecule has 0 atom stereocenters. The van der Waals surface area contributed by atoms with Gasteiger partial charge in [-0.25, -0.2) is 0 Å². The number of hydrogen-bond acceptors (Lipinski definition) is 7. The standard InChI is InChI=1S/C14H18N2O6/c1-20-13-9-11(10-17)8-12(16(18)19)14(13)22-7-4-15-2-5-21-6-3-15/h8-10H,2-7H2,1H3. The molecule has 0 bridgehead atoms. The lowest BCUT2D eigenvalue weighted by atomic mass is 10.2. The number of carbonyl (C=O) groups is 1. The monoisotopic (exact) mass is 310 g/mol. The van der Waals surface area contributed by atoms with Crippen LogP contribution >= 0.6 is 0 Å². The van der Waals surface area contributed by atoms with E-state index in [2.05, 4.69) is 4.90 Å². The summed E-state index contributed by atoms with van der Waals surface area (Å²) in [5.41, 5.74) is -0.104. The van der Waals surface area contributed by atoms with Crippen molar-refractivity contribution in [1.82, 2.24) is 4.90 Å². The molecule has 0 aromatic heterocycles. The average Bonchev–Trinajstić information content (AvgIpc) is 2.55. The average molecular weight is 310 g/mol. The molecule has 1 fully saturated rings. The van der Waals surface area contributed by atoms with Gasteiger partial charge in [-0.3, -0.25) is 19.8 Å². The highest BCUT2D eigenvalue weighted by Crippen LogP contribution is 2.37. The SMILES string of the molecule is COc1cc(C=O)cc([N+](=O)[O-])c1OCCN1CCOCC1. The predicted molar refractivity (Wildman–Crippen MR) is 77.8 cm³/mol. The van der Waals surface area contributed by atoms with Crippen LogP contribution in [-0.4, -0.2) is 62.7 Å². The molecule has 1 heterocycles. The molecule has 1 saturated heterocycles. The van der Waals surface area contributed by atoms with Crippen LogP contribution in [-0.2, 0) is 4.74 Å². The highest BCUT2D eigenvalue weighted by molar-refractivity contribution is 5.79. The Morgan fingerprint density at radius 3 is 2.73 bits per heavy atom. The van der Waals surface area contributed by atoms with Gasteiger partial charge < -0.3 is 14.2 Å². The first-order valence-electron chi connectivity index (χ1n) is 6.90. The summed E-state index contributed by atoms with van der Waals surface area (Å²) < 4.78 is 15.9. The van der Waals surface area contributed by atoms with Crippen LogP contribution < -0.4 is 9.47 Å². The Bertz CT molecular complexity index is 542. The van der Waals surface area contributed by atoms with Gasteiger partial charge in [-0.15, -0.1) is 0 Å². The van der Waals surface area contributed by atoms with Crippen molar-refractivity contribution in [3.63, 3.8) is 0 Å². The van der Waals surface area contributed by atoms with E-state index in [0.29, 0.717) is 26.0 Å². The third-order valence-corrected chi connectivity index (χ3v) is 3.37. The third-order valence-electron chi connectivity index (χ3n) is 3.37. The zero-order chi connectivity index (χ0) is 15.9. The Hall–Kier alpha value is -2.19. The Morgan fingerprint density at radius 2 is 2.14 bits per heavy atom. The van der Waals surface area contributed by atoms with E-state index in [9.17, 15) is 14.9 Å². The van der Waals surface area contributed by atoms with Gasteiger partial charge >= 0.3 is 5.69 Å². The van der Waals surface area contributed by atoms with Crippen molar-refractivity contribution in [2.24, 2.45) is 0 Å². The summed E-state index contributed by atoms with van der Waals surface area (Å²) in [6.45, 7) is 3.91. The number of hydrogen-bond donors (Lipinski definition) is 0. The Labute approximate surface area is 127 Å². The van der Waals surface area contributed by atoms with E-state index in [1.54, 1.807) is 0 Å². The second-order valence-corrected chi connectivity index (χ2v) is 4.75. The normalized spacial score (nSPS) is 15.3. The van der Waals surface area contributed by atoms with Crippen molar-refractivity contribution in [2.75, 3.05) is 46.6 Å². The fourth-order valence-corrected chi connectivity index (χ4v) is 2.21. The molecule has 0 radical (unpaired) electrons. The maximum atomic E-state index is 11.2. The maximum absolute atomic E-state index is 11.2. The van der Waals surface area contributed by atoms with E-state index >= 15 is 0 Å². The molecule has 0 saturated carbocycles. The van der Waals surface area contributed by atoms with Crippen LogP contribution in [0.1, 0.15) is 10.4 Å². The minimum Gasteiger partial charge on any atom is -0.493 e. The molecular formula is C14H18N2O6. The minimum absolute atomic E-state index is 0.0476. The number of benzene rings is 1. The number of methoxy groups -OCH3 is 1. The molecule has 0 aliphatic carbocycles. The first-order valence-corrected chi connectivity index (χ1v) is 6.90. The minimum atomic E-state index is -0.584. The molecule has 0 N–H and O–H groups in total. The van der Waals surface area contributed by atoms with E-state index in [-0.39, 0.29) is 29.4 Å². The molecule has 22 heavy (non-hydrogen) atoms. The van der Waals surface area contributed by atoms with E-state index in [0.717, 1.165) is 13.1 Å². The van der Waals surface area contributed by atoms with Gasteiger partial charge in [0.15, 0.2) is 5.75 Å². The fourth-order valence-electron chi connectivity index (χ4n) is 2.21. The lowest BCUT2D eigenvalue weighted by Crippen LogP contribution is -2.38. The third kappa shape index (κ3) is 3.92. The van der Waals surface area contributed by atoms with Crippen molar-refractivity contribution in [2.45, 2.75) is 0 Å². The summed E-state index contributed by atoms with van der Waals surface area (Å²) in [6, 6.07) is 2.60. The van der Waals surface area contributed by atoms with Crippen LogP contribution in [0.3, 0.4) is 0 Å². The first-order chi connectivity index (χ1) is 10.7. The van der Waals surface area contributed by atoms with Gasteiger partial charge in [-0.2, -0.15) is 0 Å². The van der Waals surface area contributed by atoms with Crippen molar-refractivity contribution in [1.29, 1.82) is 0 Å². The maximum Gasteiger partial charge on any atom is 0.315 e. The fraction of sp³-hybridized carbons (Fsp3) is 0.500. The molecule has 0 amide bonds. The summed E-state index contributed by atoms with van der Waals surface area (Å²) in [5, 5.41) is 11.2. The van der Waals surface area contributed by atoms with Crippen LogP contribution in [0.5, 0.6) is 11.5 Å². The molecule has 0 unspecified atom stereocenters. The highest BCUT2D eigenvalue weighted by atomic mass is 16.6. The first kappa shape index (κ1) is 16.2. The lowest BCUT2D eigenvalue weighted by Gasteiger charge is -2.26. The second-order valence-electron chi connectivity index (χ2n) is 4.75. The lowest BCUT2D eigenvalue weighted by molar-refractivity contribution is -0.386. The van der Waals surface area contributed by atoms with E-state index in [1.807, 2.05) is 0 Å². The van der Waals surface area contributed by atoms with Crippen molar-refractivity contribution >= 4 is 12.0 Å². The molecule has 0 spiro atoms. The van der Waals surface area contributed by atoms with Crippen molar-refractivity contribution in [3.05, 3.63) is 27.8 Å². The topological polar surface area (TPSA) is 91.1 Å². The van der Waals surface area contributed by atoms with E-state index < -0.39 is 4.92 Å². The molecular weight excluding hydrogens is 292 g/mol. The zero-order valence-corrected chi connectivity index (χ0v) is 12.3. The molecule has 1 aliphatic rings. The molecule has 120 valence electrons. The van der Waals surface area contributed by atoms with Gasteiger partial charge in [-0.1, -0.05) is 0 Å². The second kappa shape index (κ2) is 7.71. The largest absolute Gasteiger partial charge is 0.493 e. The molecule has 8 nitrogen and oxygen atoms in total. The van der Waals surface area contributed by atoms with Gasteiger partial charge in [0.05, 0.1) is 25.2 Å². The van der Waals surface area contributed by atoms with Crippen molar-refractivity contribution in [3.8, 4) is 11.5 Å². The summed E-state index contributed by atoms with van der Waals surface area (Å²) in [5.74, 6) is 0.227. The predicted octanol–water partition coefficient (Wildman–Crippen LogP) is 1.13. The van der Waals surface area contributed by atoms with Gasteiger partial charge in [0.25, 0.3) is 0 Å². The summed E-state index contributed by atoms with van der Waals surface area (Å²) >= 11 is 0. The number of rotatable bonds is 7. The van der Waals surface area contributed by atoms with Crippen LogP contribution in [0.15, 0.2) is 12.1 Å². The van der Waals surface area contributed by atoms with Crippen LogP contribution in [0.4, 0.5) is 5.69 Å². The highest BCUT2D eigenvalue weighted by Gasteiger charge is 2.22. The van der Waals surface area contributed by atoms with Crippen molar-refractivity contribution < 1.29 is 23.9 Å². The molecule has 1 aromatic carbocycles. The summed E-state index contributed by atoms with van der Waals surface area (Å²) in [7, 11) is 1.38. The number of carbonyl (C=O) groups excluding carboxylic acids is 1. The van der Waals surface area contributed by atoms with E-state index in [1.165, 1.54) is 19.2 Å². The Balaban J connectivity index is 2.10. The smallest absolute Gasteiger partial charge is 0.315 e. The molecule has 1 aliphatic heterocycles. The van der Waals surface area contributed by atoms with Crippen LogP contribution in [0.2, 0.25) is 0 Å². The zero-order valence-electron chi connectivity index (χ0n) is 12.3. The van der Waals surface area contributed by atoms with Gasteiger partial charge in [0, 0.05) is 31.3 Å². The van der Waals surface area contributed by atoms with E-state index in [4.69, 9.17) is 14.2 Å². The van der Waals surface area contributed by atoms with Crippen LogP contribution in [0, 0.1) is 10.1 Å². The summed E-state index contributed by atoms with van der Waals surface area (Å²) in [6.07, 6.45) is 0.535.